The summed E-state index contributed by atoms with van der Waals surface area (Å²) in [5.74, 6) is -0.415. The molecule has 0 heterocycles. The molecule has 0 aliphatic carbocycles. The van der Waals surface area contributed by atoms with Crippen molar-refractivity contribution in [2.45, 2.75) is 284 Å². The van der Waals surface area contributed by atoms with Crippen molar-refractivity contribution in [1.82, 2.24) is 0 Å². The second-order valence-electron chi connectivity index (χ2n) is 17.8. The van der Waals surface area contributed by atoms with E-state index in [9.17, 15) is 9.59 Å². The summed E-state index contributed by atoms with van der Waals surface area (Å²) in [6.45, 7) is 7.73. The van der Waals surface area contributed by atoms with Crippen LogP contribution in [-0.4, -0.2) is 37.9 Å². The number of allylic oxidation sites excluding steroid dienone is 6. The third kappa shape index (κ3) is 48.8. The van der Waals surface area contributed by atoms with Crippen LogP contribution in [-0.2, 0) is 23.8 Å². The average Bonchev–Trinajstić information content (AvgIpc) is 3.25. The highest BCUT2D eigenvalue weighted by Gasteiger charge is 2.17. The number of ether oxygens (including phenoxy) is 3. The second-order valence-corrected chi connectivity index (χ2v) is 17.8. The summed E-state index contributed by atoms with van der Waals surface area (Å²) in [6.07, 6.45) is 61.6. The lowest BCUT2D eigenvalue weighted by Gasteiger charge is -2.18. The lowest BCUT2D eigenvalue weighted by Crippen LogP contribution is -2.30. The van der Waals surface area contributed by atoms with Crippen molar-refractivity contribution in [2.24, 2.45) is 0 Å². The van der Waals surface area contributed by atoms with Gasteiger partial charge in [-0.1, -0.05) is 250 Å². The number of unbranched alkanes of at least 4 members (excludes halogenated alkanes) is 32. The molecule has 0 fully saturated rings. The molecule has 0 aromatic heterocycles. The summed E-state index contributed by atoms with van der Waals surface area (Å²) in [5, 5.41) is 0. The normalized spacial score (nSPS) is 12.4. The van der Waals surface area contributed by atoms with Crippen LogP contribution in [0.1, 0.15) is 278 Å². The van der Waals surface area contributed by atoms with Gasteiger partial charge in [-0.15, -0.1) is 0 Å². The number of esters is 2. The first-order valence-corrected chi connectivity index (χ1v) is 26.5. The third-order valence-corrected chi connectivity index (χ3v) is 11.7. The van der Waals surface area contributed by atoms with Gasteiger partial charge in [0.25, 0.3) is 0 Å². The molecule has 0 amide bonds. The lowest BCUT2D eigenvalue weighted by atomic mass is 10.0. The molecule has 5 nitrogen and oxygen atoms in total. The lowest BCUT2D eigenvalue weighted by molar-refractivity contribution is -0.163. The van der Waals surface area contributed by atoms with Crippen LogP contribution in [0.4, 0.5) is 0 Å². The highest BCUT2D eigenvalue weighted by Crippen LogP contribution is 2.16. The van der Waals surface area contributed by atoms with Crippen LogP contribution in [0.3, 0.4) is 0 Å². The van der Waals surface area contributed by atoms with Gasteiger partial charge in [-0.05, 0) is 51.4 Å². The Labute approximate surface area is 374 Å². The van der Waals surface area contributed by atoms with E-state index < -0.39 is 6.10 Å². The van der Waals surface area contributed by atoms with Crippen molar-refractivity contribution in [3.63, 3.8) is 0 Å². The van der Waals surface area contributed by atoms with Crippen LogP contribution in [0.2, 0.25) is 0 Å². The first-order chi connectivity index (χ1) is 29.6. The summed E-state index contributed by atoms with van der Waals surface area (Å²) in [5.41, 5.74) is 0. The highest BCUT2D eigenvalue weighted by molar-refractivity contribution is 5.70. The Morgan fingerprint density at radius 3 is 1.20 bits per heavy atom. The summed E-state index contributed by atoms with van der Waals surface area (Å²) in [7, 11) is 0. The van der Waals surface area contributed by atoms with Gasteiger partial charge in [0.15, 0.2) is 6.10 Å². The molecule has 1 unspecified atom stereocenters. The second kappa shape index (κ2) is 51.5. The molecule has 0 N–H and O–H groups in total. The maximum absolute atomic E-state index is 12.8. The quantitative estimate of drug-likeness (QED) is 0.0347. The molecule has 5 heteroatoms. The Morgan fingerprint density at radius 2 is 0.750 bits per heavy atom. The summed E-state index contributed by atoms with van der Waals surface area (Å²) in [6, 6.07) is 0. The minimum Gasteiger partial charge on any atom is -0.462 e. The van der Waals surface area contributed by atoms with Crippen molar-refractivity contribution in [2.75, 3.05) is 19.8 Å². The van der Waals surface area contributed by atoms with E-state index in [-0.39, 0.29) is 25.2 Å². The van der Waals surface area contributed by atoms with Gasteiger partial charge in [0.1, 0.15) is 6.61 Å². The molecule has 0 saturated heterocycles. The van der Waals surface area contributed by atoms with Gasteiger partial charge >= 0.3 is 11.9 Å². The Morgan fingerprint density at radius 1 is 0.383 bits per heavy atom. The molecule has 0 aliphatic rings. The molecular weight excluding hydrogens is 741 g/mol. The minimum atomic E-state index is -0.541. The Bertz CT molecular complexity index is 955. The number of hydrogen-bond donors (Lipinski definition) is 0. The van der Waals surface area contributed by atoms with E-state index in [1.165, 1.54) is 180 Å². The summed E-state index contributed by atoms with van der Waals surface area (Å²) >= 11 is 0. The van der Waals surface area contributed by atoms with Crippen molar-refractivity contribution in [1.29, 1.82) is 0 Å². The van der Waals surface area contributed by atoms with E-state index in [1.54, 1.807) is 0 Å². The third-order valence-electron chi connectivity index (χ3n) is 11.7. The monoisotopic (exact) mass is 843 g/mol. The predicted octanol–water partition coefficient (Wildman–Crippen LogP) is 17.8. The van der Waals surface area contributed by atoms with Crippen LogP contribution < -0.4 is 0 Å². The van der Waals surface area contributed by atoms with Crippen molar-refractivity contribution < 1.29 is 23.8 Å². The van der Waals surface area contributed by atoms with Crippen LogP contribution in [0.15, 0.2) is 36.5 Å². The smallest absolute Gasteiger partial charge is 0.306 e. The minimum absolute atomic E-state index is 0.0762. The number of rotatable bonds is 49. The fourth-order valence-electron chi connectivity index (χ4n) is 7.76. The van der Waals surface area contributed by atoms with Crippen LogP contribution in [0.25, 0.3) is 0 Å². The zero-order valence-corrected chi connectivity index (χ0v) is 40.5. The fraction of sp³-hybridized carbons (Fsp3) is 0.855. The fourth-order valence-corrected chi connectivity index (χ4v) is 7.76. The van der Waals surface area contributed by atoms with Gasteiger partial charge in [-0.2, -0.15) is 0 Å². The van der Waals surface area contributed by atoms with Gasteiger partial charge in [0.2, 0.25) is 0 Å². The molecule has 0 saturated carbocycles. The Balaban J connectivity index is 4.22. The Kier molecular flexibility index (Phi) is 49.9. The van der Waals surface area contributed by atoms with E-state index in [4.69, 9.17) is 14.2 Å². The predicted molar refractivity (Wildman–Crippen MR) is 261 cm³/mol. The van der Waals surface area contributed by atoms with E-state index >= 15 is 0 Å². The largest absolute Gasteiger partial charge is 0.462 e. The molecule has 0 spiro atoms. The van der Waals surface area contributed by atoms with Crippen LogP contribution in [0.5, 0.6) is 0 Å². The van der Waals surface area contributed by atoms with Crippen LogP contribution >= 0.6 is 0 Å². The van der Waals surface area contributed by atoms with Crippen molar-refractivity contribution >= 4 is 11.9 Å². The molecule has 0 aromatic rings. The zero-order valence-electron chi connectivity index (χ0n) is 40.5. The van der Waals surface area contributed by atoms with E-state index in [1.807, 2.05) is 0 Å². The Hall–Kier alpha value is -1.88. The average molecular weight is 843 g/mol. The van der Waals surface area contributed by atoms with Gasteiger partial charge in [0, 0.05) is 19.4 Å². The van der Waals surface area contributed by atoms with Gasteiger partial charge in [-0.25, -0.2) is 0 Å². The summed E-state index contributed by atoms with van der Waals surface area (Å²) in [4.78, 5) is 25.4. The molecule has 0 aliphatic heterocycles. The maximum Gasteiger partial charge on any atom is 0.306 e. The first-order valence-electron chi connectivity index (χ1n) is 26.5. The van der Waals surface area contributed by atoms with Crippen molar-refractivity contribution in [3.05, 3.63) is 36.5 Å². The molecule has 1 atom stereocenters. The number of carbonyl (C=O) groups excluding carboxylic acids is 2. The van der Waals surface area contributed by atoms with Gasteiger partial charge in [0.05, 0.1) is 6.61 Å². The van der Waals surface area contributed by atoms with Crippen molar-refractivity contribution in [3.8, 4) is 0 Å². The summed E-state index contributed by atoms with van der Waals surface area (Å²) < 4.78 is 17.4. The van der Waals surface area contributed by atoms with E-state index in [0.717, 1.165) is 64.2 Å². The standard InChI is InChI=1S/C55H102O5/c1-4-7-10-13-16-19-22-25-26-27-28-29-32-35-38-41-44-47-50-58-51-53(60-55(57)49-46-43-40-37-34-31-24-21-18-15-12-9-6-3)52-59-54(56)48-45-42-39-36-33-30-23-20-17-14-11-8-5-2/h8,11,17,20,30,33,53H,4-7,9-10,12-16,18-19,21-29,31-32,34-52H2,1-3H3/b11-8-,20-17-,33-30-. The van der Waals surface area contributed by atoms with E-state index in [0.29, 0.717) is 19.4 Å². The van der Waals surface area contributed by atoms with Crippen LogP contribution in [0, 0.1) is 0 Å². The SMILES string of the molecule is CC/C=C\C/C=C\C/C=C\CCCCCC(=O)OCC(COCCCCCCCCCCCCCCCCCCCC)OC(=O)CCCCCCCCCCCCCCC. The number of hydrogen-bond acceptors (Lipinski definition) is 5. The molecule has 0 bridgehead atoms. The molecular formula is C55H102O5. The molecule has 352 valence electrons. The molecule has 0 rings (SSSR count). The van der Waals surface area contributed by atoms with Gasteiger partial charge in [-0.3, -0.25) is 9.59 Å². The van der Waals surface area contributed by atoms with E-state index in [2.05, 4.69) is 57.2 Å². The maximum atomic E-state index is 12.8. The molecule has 0 radical (unpaired) electrons. The number of carbonyl (C=O) groups is 2. The van der Waals surface area contributed by atoms with Gasteiger partial charge < -0.3 is 14.2 Å². The molecule has 0 aromatic carbocycles. The zero-order chi connectivity index (χ0) is 43.5. The highest BCUT2D eigenvalue weighted by atomic mass is 16.6. The first kappa shape index (κ1) is 58.1. The molecule has 60 heavy (non-hydrogen) atoms. The topological polar surface area (TPSA) is 61.8 Å².